The molecule has 4 nitrogen and oxygen atoms in total. The van der Waals surface area contributed by atoms with Gasteiger partial charge < -0.3 is 18.9 Å². The number of hydrogen-bond donors (Lipinski definition) is 0. The van der Waals surface area contributed by atoms with Gasteiger partial charge in [-0.15, -0.1) is 0 Å². The zero-order valence-corrected chi connectivity index (χ0v) is 10.7. The summed E-state index contributed by atoms with van der Waals surface area (Å²) in [6, 6.07) is 3.98. The number of hydrogen-bond acceptors (Lipinski definition) is 4. The fourth-order valence-corrected chi connectivity index (χ4v) is 2.00. The lowest BCUT2D eigenvalue weighted by atomic mass is 9.80. The largest absolute Gasteiger partial charge is 0.493 e. The van der Waals surface area contributed by atoms with Gasteiger partial charge in [0.2, 0.25) is 5.75 Å². The van der Waals surface area contributed by atoms with E-state index >= 15 is 0 Å². The lowest BCUT2D eigenvalue weighted by Gasteiger charge is -2.39. The molecule has 94 valence electrons. The van der Waals surface area contributed by atoms with Gasteiger partial charge >= 0.3 is 0 Å². The molecule has 1 saturated heterocycles. The van der Waals surface area contributed by atoms with E-state index in [9.17, 15) is 0 Å². The van der Waals surface area contributed by atoms with Gasteiger partial charge in [0.05, 0.1) is 34.5 Å². The Morgan fingerprint density at radius 2 is 1.53 bits per heavy atom. The van der Waals surface area contributed by atoms with Crippen molar-refractivity contribution in [3.8, 4) is 17.2 Å². The highest BCUT2D eigenvalue weighted by Crippen LogP contribution is 2.43. The molecule has 0 aromatic heterocycles. The first kappa shape index (κ1) is 12.0. The molecule has 1 fully saturated rings. The van der Waals surface area contributed by atoms with Crippen molar-refractivity contribution in [2.75, 3.05) is 34.5 Å². The first-order valence-corrected chi connectivity index (χ1v) is 5.53. The van der Waals surface area contributed by atoms with Crippen LogP contribution in [-0.4, -0.2) is 34.5 Å². The number of ether oxygens (including phenoxy) is 4. The molecule has 1 heterocycles. The van der Waals surface area contributed by atoms with E-state index in [0.29, 0.717) is 17.2 Å². The molecule has 0 saturated carbocycles. The summed E-state index contributed by atoms with van der Waals surface area (Å²) in [6.07, 6.45) is 0. The van der Waals surface area contributed by atoms with E-state index in [-0.39, 0.29) is 5.41 Å². The molecule has 1 aliphatic heterocycles. The third-order valence-corrected chi connectivity index (χ3v) is 3.20. The van der Waals surface area contributed by atoms with E-state index in [0.717, 1.165) is 18.8 Å². The summed E-state index contributed by atoms with van der Waals surface area (Å²) in [7, 11) is 4.86. The molecule has 0 atom stereocenters. The maximum atomic E-state index is 5.34. The SMILES string of the molecule is COc1cc(C2(C)COC2)cc(OC)c1OC. The van der Waals surface area contributed by atoms with Gasteiger partial charge in [0.15, 0.2) is 11.5 Å². The van der Waals surface area contributed by atoms with Crippen LogP contribution in [0.5, 0.6) is 17.2 Å². The Morgan fingerprint density at radius 3 is 1.82 bits per heavy atom. The molecule has 0 radical (unpaired) electrons. The highest BCUT2D eigenvalue weighted by molar-refractivity contribution is 5.55. The number of methoxy groups -OCH3 is 3. The number of rotatable bonds is 4. The predicted molar refractivity (Wildman–Crippen MR) is 64.3 cm³/mol. The first-order chi connectivity index (χ1) is 8.14. The molecule has 1 aromatic rings. The van der Waals surface area contributed by atoms with Crippen LogP contribution in [0.2, 0.25) is 0 Å². The molecule has 17 heavy (non-hydrogen) atoms. The standard InChI is InChI=1S/C13H18O4/c1-13(7-17-8-13)9-5-10(14-2)12(16-4)11(6-9)15-3/h5-6H,7-8H2,1-4H3. The molecule has 0 bridgehead atoms. The lowest BCUT2D eigenvalue weighted by molar-refractivity contribution is -0.0501. The van der Waals surface area contributed by atoms with Crippen LogP contribution in [0.3, 0.4) is 0 Å². The Bertz CT molecular complexity index is 385. The molecule has 0 aliphatic carbocycles. The van der Waals surface area contributed by atoms with Crippen LogP contribution < -0.4 is 14.2 Å². The Balaban J connectivity index is 2.48. The lowest BCUT2D eigenvalue weighted by Crippen LogP contribution is -2.43. The van der Waals surface area contributed by atoms with E-state index in [1.165, 1.54) is 0 Å². The minimum absolute atomic E-state index is 0.0484. The van der Waals surface area contributed by atoms with Crippen molar-refractivity contribution < 1.29 is 18.9 Å². The smallest absolute Gasteiger partial charge is 0.203 e. The van der Waals surface area contributed by atoms with E-state index in [1.54, 1.807) is 21.3 Å². The summed E-state index contributed by atoms with van der Waals surface area (Å²) in [5.74, 6) is 2.01. The van der Waals surface area contributed by atoms with E-state index in [1.807, 2.05) is 12.1 Å². The summed E-state index contributed by atoms with van der Waals surface area (Å²) in [5, 5.41) is 0. The summed E-state index contributed by atoms with van der Waals surface area (Å²) < 4.78 is 21.3. The maximum Gasteiger partial charge on any atom is 0.203 e. The molecule has 4 heteroatoms. The van der Waals surface area contributed by atoms with Crippen molar-refractivity contribution in [2.24, 2.45) is 0 Å². The second-order valence-electron chi connectivity index (χ2n) is 4.47. The molecule has 0 N–H and O–H groups in total. The fraction of sp³-hybridized carbons (Fsp3) is 0.538. The Labute approximate surface area is 101 Å². The second-order valence-corrected chi connectivity index (χ2v) is 4.47. The van der Waals surface area contributed by atoms with Gasteiger partial charge in [-0.1, -0.05) is 6.92 Å². The third-order valence-electron chi connectivity index (χ3n) is 3.20. The Kier molecular flexibility index (Phi) is 3.15. The van der Waals surface area contributed by atoms with Crippen molar-refractivity contribution in [3.05, 3.63) is 17.7 Å². The van der Waals surface area contributed by atoms with E-state index in [4.69, 9.17) is 18.9 Å². The monoisotopic (exact) mass is 238 g/mol. The van der Waals surface area contributed by atoms with Crippen molar-refractivity contribution >= 4 is 0 Å². The summed E-state index contributed by atoms with van der Waals surface area (Å²) in [4.78, 5) is 0. The van der Waals surface area contributed by atoms with Crippen LogP contribution in [-0.2, 0) is 10.2 Å². The Morgan fingerprint density at radius 1 is 1.00 bits per heavy atom. The average molecular weight is 238 g/mol. The molecule has 0 amide bonds. The molecule has 0 spiro atoms. The average Bonchev–Trinajstić information content (AvgIpc) is 2.33. The quantitative estimate of drug-likeness (QED) is 0.804. The maximum absolute atomic E-state index is 5.34. The van der Waals surface area contributed by atoms with Crippen LogP contribution in [0.4, 0.5) is 0 Å². The number of benzene rings is 1. The van der Waals surface area contributed by atoms with Gasteiger partial charge in [-0.2, -0.15) is 0 Å². The zero-order valence-electron chi connectivity index (χ0n) is 10.7. The van der Waals surface area contributed by atoms with Crippen LogP contribution in [0, 0.1) is 0 Å². The van der Waals surface area contributed by atoms with Gasteiger partial charge in [-0.05, 0) is 17.7 Å². The van der Waals surface area contributed by atoms with Crippen LogP contribution in [0.25, 0.3) is 0 Å². The van der Waals surface area contributed by atoms with Gasteiger partial charge in [-0.3, -0.25) is 0 Å². The molecule has 1 aromatic carbocycles. The highest BCUT2D eigenvalue weighted by Gasteiger charge is 2.36. The fourth-order valence-electron chi connectivity index (χ4n) is 2.00. The summed E-state index contributed by atoms with van der Waals surface area (Å²) in [5.41, 5.74) is 1.20. The van der Waals surface area contributed by atoms with Gasteiger partial charge in [0, 0.05) is 5.41 Å². The molecule has 2 rings (SSSR count). The van der Waals surface area contributed by atoms with Gasteiger partial charge in [0.1, 0.15) is 0 Å². The highest BCUT2D eigenvalue weighted by atomic mass is 16.5. The van der Waals surface area contributed by atoms with Crippen LogP contribution in [0.1, 0.15) is 12.5 Å². The molecule has 0 unspecified atom stereocenters. The molecule has 1 aliphatic rings. The van der Waals surface area contributed by atoms with Crippen LogP contribution in [0.15, 0.2) is 12.1 Å². The molecular weight excluding hydrogens is 220 g/mol. The normalized spacial score (nSPS) is 17.2. The summed E-state index contributed by atoms with van der Waals surface area (Å²) >= 11 is 0. The third kappa shape index (κ3) is 1.93. The minimum atomic E-state index is 0.0484. The van der Waals surface area contributed by atoms with Crippen molar-refractivity contribution in [1.82, 2.24) is 0 Å². The van der Waals surface area contributed by atoms with Gasteiger partial charge in [-0.25, -0.2) is 0 Å². The summed E-state index contributed by atoms with van der Waals surface area (Å²) in [6.45, 7) is 3.62. The minimum Gasteiger partial charge on any atom is -0.493 e. The van der Waals surface area contributed by atoms with Crippen LogP contribution >= 0.6 is 0 Å². The van der Waals surface area contributed by atoms with Crippen molar-refractivity contribution in [1.29, 1.82) is 0 Å². The topological polar surface area (TPSA) is 36.9 Å². The van der Waals surface area contributed by atoms with Gasteiger partial charge in [0.25, 0.3) is 0 Å². The van der Waals surface area contributed by atoms with E-state index < -0.39 is 0 Å². The van der Waals surface area contributed by atoms with E-state index in [2.05, 4.69) is 6.92 Å². The molecular formula is C13H18O4. The van der Waals surface area contributed by atoms with Crippen molar-refractivity contribution in [2.45, 2.75) is 12.3 Å². The zero-order chi connectivity index (χ0) is 12.5. The van der Waals surface area contributed by atoms with Crippen molar-refractivity contribution in [3.63, 3.8) is 0 Å². The first-order valence-electron chi connectivity index (χ1n) is 5.53. The second kappa shape index (κ2) is 4.45. The predicted octanol–water partition coefficient (Wildman–Crippen LogP) is 2.00. The Hall–Kier alpha value is -1.42.